The zero-order valence-electron chi connectivity index (χ0n) is 17.4. The SMILES string of the molecule is COC(=O)c1ccc(OCc2ccc(C(=O)Nc3cc([N+](=O)[O-])c(C)c([N+](=O)[O-])c3)o2)cc1. The Bertz CT molecular complexity index is 1200. The second-order valence-electron chi connectivity index (χ2n) is 6.68. The summed E-state index contributed by atoms with van der Waals surface area (Å²) in [6.07, 6.45) is 0. The number of carbonyl (C=O) groups is 2. The summed E-state index contributed by atoms with van der Waals surface area (Å²) in [4.78, 5) is 44.7. The van der Waals surface area contributed by atoms with E-state index in [1.165, 1.54) is 38.3 Å². The number of esters is 1. The third kappa shape index (κ3) is 5.31. The molecule has 12 nitrogen and oxygen atoms in total. The summed E-state index contributed by atoms with van der Waals surface area (Å²) >= 11 is 0. The van der Waals surface area contributed by atoms with Crippen LogP contribution in [-0.4, -0.2) is 28.8 Å². The summed E-state index contributed by atoms with van der Waals surface area (Å²) in [5, 5.41) is 24.7. The maximum absolute atomic E-state index is 12.4. The van der Waals surface area contributed by atoms with Crippen molar-refractivity contribution in [2.75, 3.05) is 12.4 Å². The third-order valence-electron chi connectivity index (χ3n) is 4.55. The van der Waals surface area contributed by atoms with Gasteiger partial charge >= 0.3 is 5.97 Å². The average Bonchev–Trinajstić information content (AvgIpc) is 3.27. The maximum atomic E-state index is 12.4. The number of hydrogen-bond acceptors (Lipinski definition) is 9. The Morgan fingerprint density at radius 1 is 1.00 bits per heavy atom. The van der Waals surface area contributed by atoms with Gasteiger partial charge in [0.05, 0.1) is 28.2 Å². The van der Waals surface area contributed by atoms with Crippen molar-refractivity contribution in [3.05, 3.63) is 91.4 Å². The number of benzene rings is 2. The Hall–Kier alpha value is -4.74. The largest absolute Gasteiger partial charge is 0.486 e. The summed E-state index contributed by atoms with van der Waals surface area (Å²) in [6.45, 7) is 1.23. The zero-order valence-corrected chi connectivity index (χ0v) is 17.4. The van der Waals surface area contributed by atoms with E-state index >= 15 is 0 Å². The summed E-state index contributed by atoms with van der Waals surface area (Å²) in [7, 11) is 1.28. The van der Waals surface area contributed by atoms with Gasteiger partial charge in [0.25, 0.3) is 17.3 Å². The molecule has 1 aromatic heterocycles. The molecule has 0 bridgehead atoms. The van der Waals surface area contributed by atoms with E-state index in [2.05, 4.69) is 10.1 Å². The average molecular weight is 455 g/mol. The third-order valence-corrected chi connectivity index (χ3v) is 4.55. The second kappa shape index (κ2) is 9.60. The summed E-state index contributed by atoms with van der Waals surface area (Å²) in [6, 6.07) is 11.1. The van der Waals surface area contributed by atoms with Crippen LogP contribution < -0.4 is 10.1 Å². The molecule has 3 aromatic rings. The Morgan fingerprint density at radius 3 is 2.15 bits per heavy atom. The fourth-order valence-electron chi connectivity index (χ4n) is 2.87. The highest BCUT2D eigenvalue weighted by Gasteiger charge is 2.24. The fraction of sp³-hybridized carbons (Fsp3) is 0.143. The molecule has 0 fully saturated rings. The molecule has 0 spiro atoms. The smallest absolute Gasteiger partial charge is 0.337 e. The quantitative estimate of drug-likeness (QED) is 0.300. The van der Waals surface area contributed by atoms with Crippen molar-refractivity contribution in [2.45, 2.75) is 13.5 Å². The molecule has 0 saturated carbocycles. The number of anilines is 1. The number of nitro groups is 2. The molecule has 1 amide bonds. The second-order valence-corrected chi connectivity index (χ2v) is 6.68. The minimum atomic E-state index is -0.766. The van der Waals surface area contributed by atoms with Crippen molar-refractivity contribution in [3.8, 4) is 5.75 Å². The molecule has 12 heteroatoms. The van der Waals surface area contributed by atoms with Crippen LogP contribution in [0.15, 0.2) is 52.9 Å². The first kappa shape index (κ1) is 22.9. The van der Waals surface area contributed by atoms with E-state index in [4.69, 9.17) is 9.15 Å². The van der Waals surface area contributed by atoms with Crippen molar-refractivity contribution in [1.29, 1.82) is 0 Å². The van der Waals surface area contributed by atoms with E-state index in [0.717, 1.165) is 12.1 Å². The molecular formula is C21H17N3O9. The number of carbonyl (C=O) groups excluding carboxylic acids is 2. The van der Waals surface area contributed by atoms with E-state index in [1.807, 2.05) is 0 Å². The molecule has 170 valence electrons. The van der Waals surface area contributed by atoms with Crippen LogP contribution in [0.25, 0.3) is 0 Å². The van der Waals surface area contributed by atoms with E-state index in [-0.39, 0.29) is 23.6 Å². The first-order valence-electron chi connectivity index (χ1n) is 9.34. The Labute approximate surface area is 186 Å². The van der Waals surface area contributed by atoms with Crippen LogP contribution in [0.5, 0.6) is 5.75 Å². The Kier molecular flexibility index (Phi) is 6.67. The first-order chi connectivity index (χ1) is 15.7. The molecule has 1 heterocycles. The minimum Gasteiger partial charge on any atom is -0.486 e. The van der Waals surface area contributed by atoms with E-state index in [1.54, 1.807) is 12.1 Å². The highest BCUT2D eigenvalue weighted by molar-refractivity contribution is 6.02. The van der Waals surface area contributed by atoms with Crippen LogP contribution in [0.2, 0.25) is 0 Å². The molecule has 33 heavy (non-hydrogen) atoms. The summed E-state index contributed by atoms with van der Waals surface area (Å²) in [5.74, 6) is -0.605. The normalized spacial score (nSPS) is 10.4. The molecule has 0 saturated heterocycles. The minimum absolute atomic E-state index is 0.0215. The van der Waals surface area contributed by atoms with Crippen molar-refractivity contribution in [3.63, 3.8) is 0 Å². The van der Waals surface area contributed by atoms with Crippen LogP contribution in [0.4, 0.5) is 17.1 Å². The van der Waals surface area contributed by atoms with Crippen LogP contribution >= 0.6 is 0 Å². The van der Waals surface area contributed by atoms with Gasteiger partial charge in [-0.15, -0.1) is 0 Å². The van der Waals surface area contributed by atoms with Crippen LogP contribution in [-0.2, 0) is 11.3 Å². The number of hydrogen-bond donors (Lipinski definition) is 1. The number of methoxy groups -OCH3 is 1. The van der Waals surface area contributed by atoms with Crippen molar-refractivity contribution in [1.82, 2.24) is 0 Å². The van der Waals surface area contributed by atoms with Crippen LogP contribution in [0.3, 0.4) is 0 Å². The van der Waals surface area contributed by atoms with Gasteiger partial charge in [0.2, 0.25) is 0 Å². The standard InChI is InChI=1S/C21H17N3O9/c1-12-17(23(27)28)9-14(10-18(12)24(29)30)22-20(25)19-8-7-16(33-19)11-32-15-5-3-13(4-6-15)21(26)31-2/h3-10H,11H2,1-2H3,(H,22,25). The molecule has 0 aliphatic rings. The monoisotopic (exact) mass is 455 g/mol. The number of nitro benzene ring substituents is 2. The molecule has 0 aliphatic heterocycles. The van der Waals surface area contributed by atoms with E-state index < -0.39 is 33.1 Å². The topological polar surface area (TPSA) is 164 Å². The lowest BCUT2D eigenvalue weighted by molar-refractivity contribution is -0.395. The van der Waals surface area contributed by atoms with Crippen molar-refractivity contribution in [2.24, 2.45) is 0 Å². The van der Waals surface area contributed by atoms with Gasteiger partial charge in [-0.05, 0) is 43.3 Å². The Morgan fingerprint density at radius 2 is 1.61 bits per heavy atom. The van der Waals surface area contributed by atoms with Gasteiger partial charge in [-0.1, -0.05) is 0 Å². The predicted octanol–water partition coefficient (Wildman–Crippen LogP) is 4.02. The van der Waals surface area contributed by atoms with Gasteiger partial charge in [0, 0.05) is 12.1 Å². The molecule has 0 atom stereocenters. The molecular weight excluding hydrogens is 438 g/mol. The number of rotatable bonds is 8. The van der Waals surface area contributed by atoms with Gasteiger partial charge < -0.3 is 19.2 Å². The number of amides is 1. The Balaban J connectivity index is 1.68. The maximum Gasteiger partial charge on any atom is 0.337 e. The lowest BCUT2D eigenvalue weighted by Crippen LogP contribution is -2.12. The molecule has 0 aliphatic carbocycles. The van der Waals surface area contributed by atoms with Gasteiger partial charge in [-0.25, -0.2) is 4.79 Å². The van der Waals surface area contributed by atoms with Crippen molar-refractivity contribution >= 4 is 28.9 Å². The predicted molar refractivity (Wildman–Crippen MR) is 113 cm³/mol. The van der Waals surface area contributed by atoms with Crippen LogP contribution in [0.1, 0.15) is 32.2 Å². The molecule has 0 radical (unpaired) electrons. The van der Waals surface area contributed by atoms with Gasteiger partial charge in [0.1, 0.15) is 23.7 Å². The summed E-state index contributed by atoms with van der Waals surface area (Å²) < 4.78 is 15.6. The van der Waals surface area contributed by atoms with E-state index in [9.17, 15) is 29.8 Å². The van der Waals surface area contributed by atoms with Crippen molar-refractivity contribution < 1.29 is 33.3 Å². The number of nitrogens with zero attached hydrogens (tertiary/aromatic N) is 2. The molecule has 1 N–H and O–H groups in total. The number of furan rings is 1. The lowest BCUT2D eigenvalue weighted by Gasteiger charge is -2.06. The molecule has 3 rings (SSSR count). The van der Waals surface area contributed by atoms with Crippen LogP contribution in [0, 0.1) is 27.2 Å². The van der Waals surface area contributed by atoms with Gasteiger partial charge in [-0.2, -0.15) is 0 Å². The summed E-state index contributed by atoms with van der Waals surface area (Å²) in [5.41, 5.74) is -0.875. The molecule has 2 aromatic carbocycles. The number of ether oxygens (including phenoxy) is 2. The highest BCUT2D eigenvalue weighted by Crippen LogP contribution is 2.32. The first-order valence-corrected chi connectivity index (χ1v) is 9.34. The highest BCUT2D eigenvalue weighted by atomic mass is 16.6. The van der Waals surface area contributed by atoms with E-state index in [0.29, 0.717) is 17.1 Å². The zero-order chi connectivity index (χ0) is 24.1. The number of nitrogens with one attached hydrogen (secondary N) is 1. The fourth-order valence-corrected chi connectivity index (χ4v) is 2.87. The van der Waals surface area contributed by atoms with Gasteiger partial charge in [0.15, 0.2) is 5.76 Å². The van der Waals surface area contributed by atoms with Gasteiger partial charge in [-0.3, -0.25) is 25.0 Å². The lowest BCUT2D eigenvalue weighted by atomic mass is 10.1. The molecule has 0 unspecified atom stereocenters.